The van der Waals surface area contributed by atoms with Crippen molar-refractivity contribution in [1.29, 1.82) is 0 Å². The van der Waals surface area contributed by atoms with Gasteiger partial charge in [-0.25, -0.2) is 0 Å². The van der Waals surface area contributed by atoms with Crippen LogP contribution in [-0.2, 0) is 33.3 Å². The number of hydrogen-bond acceptors (Lipinski definition) is 9. The number of carbonyl (C=O) groups is 3. The summed E-state index contributed by atoms with van der Waals surface area (Å²) in [4.78, 5) is 35.4. The minimum Gasteiger partial charge on any atom is -0.461 e. The van der Waals surface area contributed by atoms with Crippen LogP contribution in [0.25, 0.3) is 0 Å². The molecule has 5 atom stereocenters. The normalized spacial score (nSPS) is 23.9. The van der Waals surface area contributed by atoms with Crippen molar-refractivity contribution in [3.8, 4) is 17.2 Å². The average molecular weight is 584 g/mol. The quantitative estimate of drug-likeness (QED) is 0.198. The molecule has 34 heavy (non-hydrogen) atoms. The highest BCUT2D eigenvalue weighted by atomic mass is 127. The molecule has 0 aliphatic carbocycles. The first kappa shape index (κ1) is 25.8. The fourth-order valence-electron chi connectivity index (χ4n) is 3.44. The maximum atomic E-state index is 11.9. The predicted molar refractivity (Wildman–Crippen MR) is 128 cm³/mol. The van der Waals surface area contributed by atoms with Gasteiger partial charge in [-0.1, -0.05) is 46.9 Å². The van der Waals surface area contributed by atoms with Crippen LogP contribution in [0.1, 0.15) is 20.8 Å². The number of para-hydroxylation sites is 1. The number of halogens is 1. The molecule has 0 radical (unpaired) electrons. The summed E-state index contributed by atoms with van der Waals surface area (Å²) < 4.78 is 34.5. The van der Waals surface area contributed by atoms with Gasteiger partial charge in [0.2, 0.25) is 12.4 Å². The molecule has 1 aliphatic rings. The van der Waals surface area contributed by atoms with Gasteiger partial charge in [-0.3, -0.25) is 14.4 Å². The summed E-state index contributed by atoms with van der Waals surface area (Å²) in [5.74, 6) is -0.332. The van der Waals surface area contributed by atoms with Crippen LogP contribution in [0.5, 0.6) is 17.2 Å². The highest BCUT2D eigenvalue weighted by Crippen LogP contribution is 2.33. The largest absolute Gasteiger partial charge is 0.461 e. The van der Waals surface area contributed by atoms with Crippen LogP contribution in [0.4, 0.5) is 0 Å². The lowest BCUT2D eigenvalue weighted by Gasteiger charge is -2.43. The molecule has 0 unspecified atom stereocenters. The van der Waals surface area contributed by atoms with E-state index < -0.39 is 48.6 Å². The van der Waals surface area contributed by atoms with Crippen molar-refractivity contribution < 1.29 is 42.8 Å². The molecule has 0 saturated carbocycles. The molecule has 0 amide bonds. The highest BCUT2D eigenvalue weighted by molar-refractivity contribution is 14.1. The number of esters is 3. The first-order chi connectivity index (χ1) is 16.3. The number of alkyl halides is 1. The fourth-order valence-corrected chi connectivity index (χ4v) is 4.15. The minimum absolute atomic E-state index is 0.371. The van der Waals surface area contributed by atoms with Gasteiger partial charge in [0.25, 0.3) is 0 Å². The molecular weight excluding hydrogens is 559 g/mol. The van der Waals surface area contributed by atoms with E-state index in [0.29, 0.717) is 21.7 Å². The molecule has 182 valence electrons. The molecule has 3 rings (SSSR count). The van der Waals surface area contributed by atoms with Crippen molar-refractivity contribution in [2.45, 2.75) is 51.5 Å². The second kappa shape index (κ2) is 12.0. The Labute approximate surface area is 210 Å². The first-order valence-electron chi connectivity index (χ1n) is 10.5. The highest BCUT2D eigenvalue weighted by Gasteiger charge is 2.52. The Morgan fingerprint density at radius 2 is 1.32 bits per heavy atom. The third-order valence-electron chi connectivity index (χ3n) is 4.69. The van der Waals surface area contributed by atoms with Gasteiger partial charge in [-0.05, 0) is 24.3 Å². The van der Waals surface area contributed by atoms with Gasteiger partial charge in [-0.2, -0.15) is 0 Å². The SMILES string of the molecule is CC(=O)O[C@@H]1[C@@H](OC(C)=O)[C@@H](CI)O[C@H](Oc2cccc(Oc3ccccc3)c2)[C@@H]1OC(C)=O. The van der Waals surface area contributed by atoms with Crippen LogP contribution in [0.2, 0.25) is 0 Å². The van der Waals surface area contributed by atoms with Crippen molar-refractivity contribution in [2.75, 3.05) is 4.43 Å². The molecule has 0 N–H and O–H groups in total. The maximum Gasteiger partial charge on any atom is 0.303 e. The monoisotopic (exact) mass is 584 g/mol. The summed E-state index contributed by atoms with van der Waals surface area (Å²) in [6.45, 7) is 3.66. The molecule has 2 aromatic rings. The second-order valence-corrected chi connectivity index (χ2v) is 8.31. The van der Waals surface area contributed by atoms with Gasteiger partial charge < -0.3 is 28.4 Å². The van der Waals surface area contributed by atoms with Gasteiger partial charge in [0, 0.05) is 31.3 Å². The van der Waals surface area contributed by atoms with E-state index in [1.165, 1.54) is 20.8 Å². The molecule has 1 heterocycles. The topological polar surface area (TPSA) is 107 Å². The van der Waals surface area contributed by atoms with Crippen LogP contribution in [0.3, 0.4) is 0 Å². The van der Waals surface area contributed by atoms with Crippen molar-refractivity contribution in [2.24, 2.45) is 0 Å². The van der Waals surface area contributed by atoms with E-state index in [0.717, 1.165) is 0 Å². The van der Waals surface area contributed by atoms with E-state index in [9.17, 15) is 14.4 Å². The molecule has 9 nitrogen and oxygen atoms in total. The maximum absolute atomic E-state index is 11.9. The van der Waals surface area contributed by atoms with E-state index in [2.05, 4.69) is 22.6 Å². The first-order valence-corrected chi connectivity index (χ1v) is 12.0. The lowest BCUT2D eigenvalue weighted by atomic mass is 9.99. The Bertz CT molecular complexity index is 997. The van der Waals surface area contributed by atoms with Gasteiger partial charge in [0.1, 0.15) is 23.4 Å². The second-order valence-electron chi connectivity index (χ2n) is 7.43. The summed E-state index contributed by atoms with van der Waals surface area (Å²) in [6, 6.07) is 16.1. The standard InChI is InChI=1S/C24H25IO9/c1-14(26)29-21-20(13-25)34-24(23(31-16(3)28)22(21)30-15(2)27)33-19-11-7-10-18(12-19)32-17-8-5-4-6-9-17/h4-12,20-24H,13H2,1-3H3/t20-,21+,22-,23-,24+/m1/s1. The van der Waals surface area contributed by atoms with Crippen molar-refractivity contribution in [3.05, 3.63) is 54.6 Å². The number of ether oxygens (including phenoxy) is 6. The van der Waals surface area contributed by atoms with Crippen LogP contribution in [0, 0.1) is 0 Å². The van der Waals surface area contributed by atoms with E-state index >= 15 is 0 Å². The molecule has 0 spiro atoms. The lowest BCUT2D eigenvalue weighted by Crippen LogP contribution is -2.63. The van der Waals surface area contributed by atoms with Crippen molar-refractivity contribution in [3.63, 3.8) is 0 Å². The molecule has 0 bridgehead atoms. The lowest BCUT2D eigenvalue weighted by molar-refractivity contribution is -0.279. The van der Waals surface area contributed by atoms with Gasteiger partial charge in [-0.15, -0.1) is 0 Å². The van der Waals surface area contributed by atoms with Crippen LogP contribution in [-0.4, -0.2) is 53.0 Å². The van der Waals surface area contributed by atoms with Crippen LogP contribution in [0.15, 0.2) is 54.6 Å². The zero-order valence-corrected chi connectivity index (χ0v) is 21.0. The Morgan fingerprint density at radius 1 is 0.765 bits per heavy atom. The van der Waals surface area contributed by atoms with Gasteiger partial charge >= 0.3 is 17.9 Å². The zero-order chi connectivity index (χ0) is 24.7. The smallest absolute Gasteiger partial charge is 0.303 e. The third kappa shape index (κ3) is 7.07. The Kier molecular flexibility index (Phi) is 9.11. The summed E-state index contributed by atoms with van der Waals surface area (Å²) in [6.07, 6.45) is -5.15. The molecule has 1 aliphatic heterocycles. The zero-order valence-electron chi connectivity index (χ0n) is 18.8. The Morgan fingerprint density at radius 3 is 1.94 bits per heavy atom. The molecule has 0 aromatic heterocycles. The molecular formula is C24H25IO9. The molecule has 10 heteroatoms. The van der Waals surface area contributed by atoms with E-state index in [1.54, 1.807) is 24.3 Å². The Balaban J connectivity index is 1.89. The predicted octanol–water partition coefficient (Wildman–Crippen LogP) is 3.81. The fraction of sp³-hybridized carbons (Fsp3) is 0.375. The number of benzene rings is 2. The third-order valence-corrected chi connectivity index (χ3v) is 5.55. The summed E-state index contributed by atoms with van der Waals surface area (Å²) >= 11 is 2.06. The van der Waals surface area contributed by atoms with E-state index in [1.807, 2.05) is 30.3 Å². The number of carbonyl (C=O) groups excluding carboxylic acids is 3. The molecule has 1 saturated heterocycles. The minimum atomic E-state index is -1.19. The van der Waals surface area contributed by atoms with Gasteiger partial charge in [0.15, 0.2) is 12.2 Å². The average Bonchev–Trinajstić information content (AvgIpc) is 2.77. The number of rotatable bonds is 8. The van der Waals surface area contributed by atoms with Gasteiger partial charge in [0.05, 0.1) is 0 Å². The van der Waals surface area contributed by atoms with E-state index in [4.69, 9.17) is 28.4 Å². The van der Waals surface area contributed by atoms with Crippen molar-refractivity contribution >= 4 is 40.5 Å². The number of hydrogen-bond donors (Lipinski definition) is 0. The summed E-state index contributed by atoms with van der Waals surface area (Å²) in [5, 5.41) is 0. The summed E-state index contributed by atoms with van der Waals surface area (Å²) in [5.41, 5.74) is 0. The van der Waals surface area contributed by atoms with Crippen molar-refractivity contribution in [1.82, 2.24) is 0 Å². The Hall–Kier alpha value is -2.86. The molecule has 2 aromatic carbocycles. The summed E-state index contributed by atoms with van der Waals surface area (Å²) in [7, 11) is 0. The molecule has 1 fully saturated rings. The van der Waals surface area contributed by atoms with Crippen LogP contribution >= 0.6 is 22.6 Å². The van der Waals surface area contributed by atoms with Crippen LogP contribution < -0.4 is 9.47 Å². The van der Waals surface area contributed by atoms with E-state index in [-0.39, 0.29) is 0 Å².